The molecule has 0 aromatic carbocycles. The molecule has 2 unspecified atom stereocenters. The molecule has 1 nitrogen and oxygen atoms in total. The number of hydrogen-bond acceptors (Lipinski definition) is 3. The van der Waals surface area contributed by atoms with Gasteiger partial charge in [0.05, 0.1) is 5.37 Å². The van der Waals surface area contributed by atoms with E-state index in [9.17, 15) is 0 Å². The van der Waals surface area contributed by atoms with E-state index < -0.39 is 0 Å². The maximum atomic E-state index is 3.58. The summed E-state index contributed by atoms with van der Waals surface area (Å²) in [5, 5.41) is 4.31. The Labute approximate surface area is 84.4 Å². The first-order chi connectivity index (χ1) is 5.83. The van der Waals surface area contributed by atoms with Crippen molar-refractivity contribution in [1.29, 1.82) is 0 Å². The van der Waals surface area contributed by atoms with Gasteiger partial charge in [0.25, 0.3) is 0 Å². The predicted octanol–water partition coefficient (Wildman–Crippen LogP) is 2.43. The molecule has 0 amide bonds. The van der Waals surface area contributed by atoms with Crippen LogP contribution < -0.4 is 5.32 Å². The third-order valence-corrected chi connectivity index (χ3v) is 4.50. The van der Waals surface area contributed by atoms with Gasteiger partial charge in [0.1, 0.15) is 0 Å². The minimum atomic E-state index is 0.736. The second-order valence-electron chi connectivity index (χ2n) is 3.32. The Bertz CT molecular complexity index is 111. The molecule has 12 heavy (non-hydrogen) atoms. The fourth-order valence-electron chi connectivity index (χ4n) is 1.25. The van der Waals surface area contributed by atoms with E-state index in [-0.39, 0.29) is 0 Å². The lowest BCUT2D eigenvalue weighted by molar-refractivity contribution is 0.515. The van der Waals surface area contributed by atoms with Crippen molar-refractivity contribution in [2.45, 2.75) is 25.6 Å². The molecule has 1 N–H and O–H groups in total. The molecule has 0 bridgehead atoms. The smallest absolute Gasteiger partial charge is 0.0540 e. The summed E-state index contributed by atoms with van der Waals surface area (Å²) in [6.45, 7) is 5.76. The summed E-state index contributed by atoms with van der Waals surface area (Å²) in [4.78, 5) is 0. The number of hydrogen-bond donors (Lipinski definition) is 1. The van der Waals surface area contributed by atoms with Crippen LogP contribution in [0.2, 0.25) is 0 Å². The highest BCUT2D eigenvalue weighted by atomic mass is 32.2. The molecule has 0 radical (unpaired) electrons. The van der Waals surface area contributed by atoms with E-state index >= 15 is 0 Å². The largest absolute Gasteiger partial charge is 0.305 e. The van der Waals surface area contributed by atoms with Gasteiger partial charge in [0.2, 0.25) is 0 Å². The molecule has 0 saturated carbocycles. The van der Waals surface area contributed by atoms with Crippen molar-refractivity contribution in [3.63, 3.8) is 0 Å². The minimum Gasteiger partial charge on any atom is -0.305 e. The van der Waals surface area contributed by atoms with Gasteiger partial charge in [0.15, 0.2) is 0 Å². The van der Waals surface area contributed by atoms with Gasteiger partial charge < -0.3 is 5.32 Å². The van der Waals surface area contributed by atoms with Crippen LogP contribution in [0.5, 0.6) is 0 Å². The van der Waals surface area contributed by atoms with Crippen LogP contribution in [0.4, 0.5) is 0 Å². The van der Waals surface area contributed by atoms with Gasteiger partial charge >= 0.3 is 0 Å². The van der Waals surface area contributed by atoms with Gasteiger partial charge in [-0.25, -0.2) is 0 Å². The highest BCUT2D eigenvalue weighted by Crippen LogP contribution is 2.21. The molecule has 1 heterocycles. The van der Waals surface area contributed by atoms with E-state index in [1.807, 2.05) is 11.8 Å². The molecule has 0 aromatic rings. The van der Waals surface area contributed by atoms with Crippen molar-refractivity contribution in [1.82, 2.24) is 5.32 Å². The second-order valence-corrected chi connectivity index (χ2v) is 5.95. The lowest BCUT2D eigenvalue weighted by Gasteiger charge is -2.27. The first kappa shape index (κ1) is 10.7. The lowest BCUT2D eigenvalue weighted by Crippen LogP contribution is -2.36. The molecule has 0 spiro atoms. The Morgan fingerprint density at radius 2 is 2.42 bits per heavy atom. The highest BCUT2D eigenvalue weighted by Gasteiger charge is 2.16. The van der Waals surface area contributed by atoms with Crippen LogP contribution >= 0.6 is 23.5 Å². The Balaban J connectivity index is 2.01. The monoisotopic (exact) mass is 205 g/mol. The first-order valence-corrected chi connectivity index (χ1v) is 6.96. The zero-order chi connectivity index (χ0) is 8.81. The Hall–Kier alpha value is 0.660. The van der Waals surface area contributed by atoms with Crippen LogP contribution in [0, 0.1) is 5.92 Å². The Kier molecular flexibility index (Phi) is 5.52. The van der Waals surface area contributed by atoms with Crippen LogP contribution in [0.15, 0.2) is 0 Å². The molecule has 72 valence electrons. The molecule has 2 atom stereocenters. The number of rotatable bonds is 4. The van der Waals surface area contributed by atoms with Crippen molar-refractivity contribution in [2.75, 3.05) is 23.8 Å². The summed E-state index contributed by atoms with van der Waals surface area (Å²) in [7, 11) is 0. The topological polar surface area (TPSA) is 12.0 Å². The molecule has 1 aliphatic rings. The normalized spacial score (nSPS) is 30.5. The van der Waals surface area contributed by atoms with Crippen LogP contribution in [-0.4, -0.2) is 29.2 Å². The molecule has 3 heteroatoms. The van der Waals surface area contributed by atoms with Crippen molar-refractivity contribution < 1.29 is 0 Å². The summed E-state index contributed by atoms with van der Waals surface area (Å²) in [5.74, 6) is 4.78. The summed E-state index contributed by atoms with van der Waals surface area (Å²) in [5.41, 5.74) is 0. The molecular weight excluding hydrogens is 186 g/mol. The molecule has 0 aromatic heterocycles. The molecule has 1 saturated heterocycles. The first-order valence-electron chi connectivity index (χ1n) is 4.75. The standard InChI is InChI=1S/C9H19NS2/c1-3-11-5-4-9-10-6-8(2)7-12-9/h8-10H,3-7H2,1-2H3. The van der Waals surface area contributed by atoms with E-state index in [4.69, 9.17) is 0 Å². The van der Waals surface area contributed by atoms with E-state index in [1.54, 1.807) is 0 Å². The van der Waals surface area contributed by atoms with Gasteiger partial charge in [-0.3, -0.25) is 0 Å². The summed E-state index contributed by atoms with van der Waals surface area (Å²) >= 11 is 4.15. The lowest BCUT2D eigenvalue weighted by atomic mass is 10.2. The third kappa shape index (κ3) is 4.06. The molecule has 0 aliphatic carbocycles. The van der Waals surface area contributed by atoms with Crippen molar-refractivity contribution >= 4 is 23.5 Å². The van der Waals surface area contributed by atoms with E-state index in [0.717, 1.165) is 11.3 Å². The van der Waals surface area contributed by atoms with Crippen molar-refractivity contribution in [3.05, 3.63) is 0 Å². The van der Waals surface area contributed by atoms with Gasteiger partial charge in [-0.1, -0.05) is 13.8 Å². The zero-order valence-electron chi connectivity index (χ0n) is 8.01. The molecule has 1 fully saturated rings. The maximum Gasteiger partial charge on any atom is 0.0540 e. The van der Waals surface area contributed by atoms with Crippen LogP contribution in [-0.2, 0) is 0 Å². The van der Waals surface area contributed by atoms with Crippen molar-refractivity contribution in [3.8, 4) is 0 Å². The second kappa shape index (κ2) is 6.17. The summed E-state index contributed by atoms with van der Waals surface area (Å²) in [6.07, 6.45) is 1.33. The fourth-order valence-corrected chi connectivity index (χ4v) is 3.27. The van der Waals surface area contributed by atoms with Gasteiger partial charge in [-0.15, -0.1) is 11.8 Å². The number of nitrogens with one attached hydrogen (secondary N) is 1. The highest BCUT2D eigenvalue weighted by molar-refractivity contribution is 8.00. The van der Waals surface area contributed by atoms with Gasteiger partial charge in [-0.2, -0.15) is 11.8 Å². The Morgan fingerprint density at radius 1 is 1.58 bits per heavy atom. The average molecular weight is 205 g/mol. The van der Waals surface area contributed by atoms with E-state index in [0.29, 0.717) is 0 Å². The Morgan fingerprint density at radius 3 is 3.00 bits per heavy atom. The van der Waals surface area contributed by atoms with Crippen molar-refractivity contribution in [2.24, 2.45) is 5.92 Å². The molecular formula is C9H19NS2. The van der Waals surface area contributed by atoms with Crippen LogP contribution in [0.3, 0.4) is 0 Å². The molecule has 1 rings (SSSR count). The summed E-state index contributed by atoms with van der Waals surface area (Å²) < 4.78 is 0. The van der Waals surface area contributed by atoms with Crippen LogP contribution in [0.25, 0.3) is 0 Å². The maximum absolute atomic E-state index is 3.58. The number of thioether (sulfide) groups is 2. The van der Waals surface area contributed by atoms with Gasteiger partial charge in [-0.05, 0) is 36.1 Å². The van der Waals surface area contributed by atoms with E-state index in [2.05, 4.69) is 30.9 Å². The average Bonchev–Trinajstić information content (AvgIpc) is 2.09. The predicted molar refractivity (Wildman–Crippen MR) is 61.0 cm³/mol. The fraction of sp³-hybridized carbons (Fsp3) is 1.00. The van der Waals surface area contributed by atoms with Gasteiger partial charge in [0, 0.05) is 0 Å². The zero-order valence-corrected chi connectivity index (χ0v) is 9.64. The summed E-state index contributed by atoms with van der Waals surface area (Å²) in [6, 6.07) is 0. The van der Waals surface area contributed by atoms with E-state index in [1.165, 1.54) is 30.2 Å². The van der Waals surface area contributed by atoms with Crippen LogP contribution in [0.1, 0.15) is 20.3 Å². The SMILES string of the molecule is CCSCCC1NCC(C)CS1. The minimum absolute atomic E-state index is 0.736. The molecule has 1 aliphatic heterocycles. The quantitative estimate of drug-likeness (QED) is 0.708. The third-order valence-electron chi connectivity index (χ3n) is 2.00.